The highest BCUT2D eigenvalue weighted by Crippen LogP contribution is 2.03. The van der Waals surface area contributed by atoms with Gasteiger partial charge in [0, 0.05) is 13.1 Å². The fraction of sp³-hybridized carbons (Fsp3) is 0.556. The molecule has 0 aliphatic carbocycles. The SMILES string of the molecule is CCN(CCN)Cc1ccco1. The van der Waals surface area contributed by atoms with Gasteiger partial charge in [0.1, 0.15) is 5.76 Å². The second-order valence-corrected chi connectivity index (χ2v) is 2.74. The van der Waals surface area contributed by atoms with Crippen molar-refractivity contribution in [2.24, 2.45) is 5.73 Å². The minimum absolute atomic E-state index is 0.703. The Balaban J connectivity index is 2.37. The number of hydrogen-bond acceptors (Lipinski definition) is 3. The van der Waals surface area contributed by atoms with Gasteiger partial charge in [0.25, 0.3) is 0 Å². The first-order valence-corrected chi connectivity index (χ1v) is 4.31. The lowest BCUT2D eigenvalue weighted by atomic mass is 10.4. The van der Waals surface area contributed by atoms with Crippen LogP contribution in [0.5, 0.6) is 0 Å². The zero-order valence-electron chi connectivity index (χ0n) is 7.49. The van der Waals surface area contributed by atoms with Crippen molar-refractivity contribution < 1.29 is 4.42 Å². The smallest absolute Gasteiger partial charge is 0.117 e. The van der Waals surface area contributed by atoms with Gasteiger partial charge in [-0.05, 0) is 18.7 Å². The van der Waals surface area contributed by atoms with Gasteiger partial charge in [-0.3, -0.25) is 4.90 Å². The Kier molecular flexibility index (Phi) is 3.84. The number of likely N-dealkylation sites (N-methyl/N-ethyl adjacent to an activating group) is 1. The third-order valence-electron chi connectivity index (χ3n) is 1.85. The van der Waals surface area contributed by atoms with Crippen molar-refractivity contribution in [3.05, 3.63) is 24.2 Å². The second kappa shape index (κ2) is 4.95. The molecule has 1 aromatic heterocycles. The van der Waals surface area contributed by atoms with E-state index in [1.54, 1.807) is 6.26 Å². The highest BCUT2D eigenvalue weighted by Gasteiger charge is 2.03. The van der Waals surface area contributed by atoms with E-state index in [4.69, 9.17) is 10.2 Å². The van der Waals surface area contributed by atoms with Gasteiger partial charge in [0.05, 0.1) is 12.8 Å². The van der Waals surface area contributed by atoms with Crippen LogP contribution in [0.2, 0.25) is 0 Å². The second-order valence-electron chi connectivity index (χ2n) is 2.74. The maximum absolute atomic E-state index is 5.46. The van der Waals surface area contributed by atoms with Crippen molar-refractivity contribution in [3.8, 4) is 0 Å². The molecule has 3 heteroatoms. The third kappa shape index (κ3) is 2.68. The van der Waals surface area contributed by atoms with Gasteiger partial charge in [0.15, 0.2) is 0 Å². The van der Waals surface area contributed by atoms with Crippen LogP contribution in [-0.4, -0.2) is 24.5 Å². The van der Waals surface area contributed by atoms with Crippen molar-refractivity contribution in [2.75, 3.05) is 19.6 Å². The van der Waals surface area contributed by atoms with Gasteiger partial charge in [-0.2, -0.15) is 0 Å². The van der Waals surface area contributed by atoms with Gasteiger partial charge < -0.3 is 10.2 Å². The first-order valence-electron chi connectivity index (χ1n) is 4.31. The van der Waals surface area contributed by atoms with E-state index in [2.05, 4.69) is 11.8 Å². The molecule has 0 aliphatic heterocycles. The largest absolute Gasteiger partial charge is 0.468 e. The summed E-state index contributed by atoms with van der Waals surface area (Å²) < 4.78 is 5.23. The molecule has 0 saturated heterocycles. The van der Waals surface area contributed by atoms with E-state index in [1.165, 1.54) is 0 Å². The van der Waals surface area contributed by atoms with Gasteiger partial charge in [-0.25, -0.2) is 0 Å². The van der Waals surface area contributed by atoms with Crippen molar-refractivity contribution in [3.63, 3.8) is 0 Å². The summed E-state index contributed by atoms with van der Waals surface area (Å²) >= 11 is 0. The van der Waals surface area contributed by atoms with Crippen molar-refractivity contribution in [1.82, 2.24) is 4.90 Å². The first-order chi connectivity index (χ1) is 5.86. The summed E-state index contributed by atoms with van der Waals surface area (Å²) in [5.41, 5.74) is 5.46. The van der Waals surface area contributed by atoms with E-state index in [0.29, 0.717) is 6.54 Å². The quantitative estimate of drug-likeness (QED) is 0.715. The summed E-state index contributed by atoms with van der Waals surface area (Å²) in [7, 11) is 0. The topological polar surface area (TPSA) is 42.4 Å². The number of furan rings is 1. The summed E-state index contributed by atoms with van der Waals surface area (Å²) in [6.45, 7) is 5.63. The fourth-order valence-electron chi connectivity index (χ4n) is 1.15. The van der Waals surface area contributed by atoms with Crippen LogP contribution in [0.15, 0.2) is 22.8 Å². The van der Waals surface area contributed by atoms with Crippen molar-refractivity contribution in [2.45, 2.75) is 13.5 Å². The van der Waals surface area contributed by atoms with Crippen LogP contribution in [0.4, 0.5) is 0 Å². The molecule has 0 radical (unpaired) electrons. The monoisotopic (exact) mass is 168 g/mol. The first kappa shape index (κ1) is 9.29. The molecule has 3 nitrogen and oxygen atoms in total. The Labute approximate surface area is 73.2 Å². The summed E-state index contributed by atoms with van der Waals surface area (Å²) in [4.78, 5) is 2.25. The van der Waals surface area contributed by atoms with Gasteiger partial charge in [0.2, 0.25) is 0 Å². The Bertz CT molecular complexity index is 196. The van der Waals surface area contributed by atoms with Crippen LogP contribution in [0.3, 0.4) is 0 Å². The summed E-state index contributed by atoms with van der Waals surface area (Å²) in [6, 6.07) is 3.89. The van der Waals surface area contributed by atoms with Crippen LogP contribution >= 0.6 is 0 Å². The molecule has 1 heterocycles. The highest BCUT2D eigenvalue weighted by atomic mass is 16.3. The van der Waals surface area contributed by atoms with E-state index < -0.39 is 0 Å². The standard InChI is InChI=1S/C9H16N2O/c1-2-11(6-5-10)8-9-4-3-7-12-9/h3-4,7H,2,5-6,8,10H2,1H3. The molecule has 2 N–H and O–H groups in total. The van der Waals surface area contributed by atoms with Crippen LogP contribution in [0.25, 0.3) is 0 Å². The van der Waals surface area contributed by atoms with Crippen LogP contribution in [0.1, 0.15) is 12.7 Å². The minimum atomic E-state index is 0.703. The van der Waals surface area contributed by atoms with E-state index in [9.17, 15) is 0 Å². The maximum Gasteiger partial charge on any atom is 0.117 e. The Morgan fingerprint density at radius 2 is 2.42 bits per heavy atom. The number of rotatable bonds is 5. The van der Waals surface area contributed by atoms with Crippen molar-refractivity contribution >= 4 is 0 Å². The van der Waals surface area contributed by atoms with E-state index >= 15 is 0 Å². The van der Waals surface area contributed by atoms with E-state index in [-0.39, 0.29) is 0 Å². The van der Waals surface area contributed by atoms with Gasteiger partial charge in [-0.1, -0.05) is 6.92 Å². The average Bonchev–Trinajstić information content (AvgIpc) is 2.56. The molecule has 0 bridgehead atoms. The average molecular weight is 168 g/mol. The lowest BCUT2D eigenvalue weighted by Gasteiger charge is -2.17. The predicted octanol–water partition coefficient (Wildman–Crippen LogP) is 1.06. The lowest BCUT2D eigenvalue weighted by molar-refractivity contribution is 0.262. The van der Waals surface area contributed by atoms with Crippen molar-refractivity contribution in [1.29, 1.82) is 0 Å². The molecule has 1 aromatic rings. The third-order valence-corrected chi connectivity index (χ3v) is 1.85. The molecule has 0 spiro atoms. The molecule has 0 saturated carbocycles. The van der Waals surface area contributed by atoms with E-state index in [1.807, 2.05) is 12.1 Å². The summed E-state index contributed by atoms with van der Waals surface area (Å²) in [5, 5.41) is 0. The number of nitrogens with two attached hydrogens (primary N) is 1. The van der Waals surface area contributed by atoms with Crippen LogP contribution in [0, 0.1) is 0 Å². The van der Waals surface area contributed by atoms with Crippen LogP contribution < -0.4 is 5.73 Å². The normalized spacial score (nSPS) is 10.9. The molecule has 1 rings (SSSR count). The Morgan fingerprint density at radius 3 is 2.92 bits per heavy atom. The summed E-state index contributed by atoms with van der Waals surface area (Å²) in [6.07, 6.45) is 1.70. The molecule has 0 unspecified atom stereocenters. The fourth-order valence-corrected chi connectivity index (χ4v) is 1.15. The molecule has 68 valence electrons. The zero-order valence-corrected chi connectivity index (χ0v) is 7.49. The minimum Gasteiger partial charge on any atom is -0.468 e. The molecule has 12 heavy (non-hydrogen) atoms. The zero-order chi connectivity index (χ0) is 8.81. The predicted molar refractivity (Wildman–Crippen MR) is 48.7 cm³/mol. The van der Waals surface area contributed by atoms with Gasteiger partial charge in [-0.15, -0.1) is 0 Å². The highest BCUT2D eigenvalue weighted by molar-refractivity contribution is 4.97. The number of nitrogens with zero attached hydrogens (tertiary/aromatic N) is 1. The van der Waals surface area contributed by atoms with Gasteiger partial charge >= 0.3 is 0 Å². The molecule has 0 amide bonds. The Morgan fingerprint density at radius 1 is 1.58 bits per heavy atom. The lowest BCUT2D eigenvalue weighted by Crippen LogP contribution is -2.28. The van der Waals surface area contributed by atoms with Crippen LogP contribution in [-0.2, 0) is 6.54 Å². The molecule has 0 atom stereocenters. The molecular weight excluding hydrogens is 152 g/mol. The Hall–Kier alpha value is -0.800. The molecule has 0 aromatic carbocycles. The molecule has 0 fully saturated rings. The summed E-state index contributed by atoms with van der Waals surface area (Å²) in [5.74, 6) is 1.00. The molecular formula is C9H16N2O. The number of hydrogen-bond donors (Lipinski definition) is 1. The molecule has 0 aliphatic rings. The maximum atomic E-state index is 5.46. The van der Waals surface area contributed by atoms with E-state index in [0.717, 1.165) is 25.4 Å².